The number of fused-ring (bicyclic) bond motifs is 1. The maximum Gasteiger partial charge on any atom is 0.303 e. The minimum Gasteiger partial charge on any atom is -0.460 e. The minimum atomic E-state index is -0.650. The average molecular weight is 304 g/mol. The molecular weight excluding hydrogens is 280 g/mol. The summed E-state index contributed by atoms with van der Waals surface area (Å²) in [6, 6.07) is 3.99. The van der Waals surface area contributed by atoms with Crippen molar-refractivity contribution in [3.63, 3.8) is 0 Å². The summed E-state index contributed by atoms with van der Waals surface area (Å²) in [4.78, 5) is 24.0. The van der Waals surface area contributed by atoms with Crippen molar-refractivity contribution in [1.29, 1.82) is 0 Å². The number of hydrogen-bond donors (Lipinski definition) is 0. The molecule has 0 heterocycles. The molecule has 2 rings (SSSR count). The molecule has 0 saturated carbocycles. The molecular formula is C18H24O4. The summed E-state index contributed by atoms with van der Waals surface area (Å²) in [5.41, 5.74) is 3.26. The van der Waals surface area contributed by atoms with Crippen molar-refractivity contribution in [2.24, 2.45) is 5.92 Å². The number of benzene rings is 1. The SMILES string of the molecule is COCc1ccc(C)c2c1C(=O)C[C@@H](C(C)(C)OC(C)=O)C2. The van der Waals surface area contributed by atoms with Crippen LogP contribution in [0, 0.1) is 12.8 Å². The van der Waals surface area contributed by atoms with E-state index >= 15 is 0 Å². The maximum absolute atomic E-state index is 12.7. The summed E-state index contributed by atoms with van der Waals surface area (Å²) in [6.45, 7) is 7.62. The fourth-order valence-corrected chi connectivity index (χ4v) is 3.28. The zero-order valence-electron chi connectivity index (χ0n) is 14.0. The summed E-state index contributed by atoms with van der Waals surface area (Å²) in [6.07, 6.45) is 1.14. The average Bonchev–Trinajstić information content (AvgIpc) is 2.40. The fraction of sp³-hybridized carbons (Fsp3) is 0.556. The van der Waals surface area contributed by atoms with Gasteiger partial charge < -0.3 is 9.47 Å². The van der Waals surface area contributed by atoms with Crippen molar-refractivity contribution in [3.8, 4) is 0 Å². The standard InChI is InChI=1S/C18H24O4/c1-11-6-7-13(10-21-5)17-15(11)8-14(9-16(17)20)18(3,4)22-12(2)19/h6-7,14H,8-10H2,1-5H3/t14-/m0/s1. The van der Waals surface area contributed by atoms with Gasteiger partial charge in [-0.2, -0.15) is 0 Å². The lowest BCUT2D eigenvalue weighted by Crippen LogP contribution is -2.41. The van der Waals surface area contributed by atoms with E-state index in [-0.39, 0.29) is 17.7 Å². The summed E-state index contributed by atoms with van der Waals surface area (Å²) in [5, 5.41) is 0. The predicted octanol–water partition coefficient (Wildman–Crippen LogP) is 3.23. The molecule has 4 nitrogen and oxygen atoms in total. The Kier molecular flexibility index (Phi) is 4.71. The lowest BCUT2D eigenvalue weighted by atomic mass is 9.73. The number of carbonyl (C=O) groups is 2. The molecule has 120 valence electrons. The number of carbonyl (C=O) groups excluding carboxylic acids is 2. The largest absolute Gasteiger partial charge is 0.460 e. The second kappa shape index (κ2) is 6.21. The summed E-state index contributed by atoms with van der Waals surface area (Å²) >= 11 is 0. The van der Waals surface area contributed by atoms with Crippen molar-refractivity contribution in [2.45, 2.75) is 52.7 Å². The van der Waals surface area contributed by atoms with Gasteiger partial charge in [0.25, 0.3) is 0 Å². The second-order valence-corrected chi connectivity index (χ2v) is 6.55. The summed E-state index contributed by atoms with van der Waals surface area (Å²) in [7, 11) is 1.63. The Bertz CT molecular complexity index is 601. The number of hydrogen-bond acceptors (Lipinski definition) is 4. The third kappa shape index (κ3) is 3.22. The molecule has 1 aromatic carbocycles. The van der Waals surface area contributed by atoms with Gasteiger partial charge in [-0.05, 0) is 43.9 Å². The van der Waals surface area contributed by atoms with Crippen LogP contribution in [0.15, 0.2) is 12.1 Å². The molecule has 0 unspecified atom stereocenters. The van der Waals surface area contributed by atoms with Gasteiger partial charge in [0.15, 0.2) is 5.78 Å². The van der Waals surface area contributed by atoms with Crippen molar-refractivity contribution in [3.05, 3.63) is 34.4 Å². The van der Waals surface area contributed by atoms with E-state index in [0.29, 0.717) is 13.0 Å². The number of ketones is 1. The first kappa shape index (κ1) is 16.7. The number of ether oxygens (including phenoxy) is 2. The highest BCUT2D eigenvalue weighted by Crippen LogP contribution is 2.37. The molecule has 0 fully saturated rings. The van der Waals surface area contributed by atoms with Gasteiger partial charge in [0.1, 0.15) is 5.60 Å². The van der Waals surface area contributed by atoms with Gasteiger partial charge in [0, 0.05) is 31.9 Å². The molecule has 1 aliphatic rings. The van der Waals surface area contributed by atoms with E-state index in [9.17, 15) is 9.59 Å². The van der Waals surface area contributed by atoms with E-state index in [2.05, 4.69) is 0 Å². The maximum atomic E-state index is 12.7. The highest BCUT2D eigenvalue weighted by atomic mass is 16.6. The van der Waals surface area contributed by atoms with Gasteiger partial charge in [-0.25, -0.2) is 0 Å². The van der Waals surface area contributed by atoms with Gasteiger partial charge in [-0.1, -0.05) is 12.1 Å². The molecule has 0 aliphatic heterocycles. The highest BCUT2D eigenvalue weighted by molar-refractivity contribution is 6.00. The Morgan fingerprint density at radius 3 is 2.59 bits per heavy atom. The van der Waals surface area contributed by atoms with Crippen LogP contribution in [0.2, 0.25) is 0 Å². The van der Waals surface area contributed by atoms with Crippen LogP contribution in [0.5, 0.6) is 0 Å². The quantitative estimate of drug-likeness (QED) is 0.801. The van der Waals surface area contributed by atoms with E-state index in [1.165, 1.54) is 6.92 Å². The van der Waals surface area contributed by atoms with Gasteiger partial charge in [-0.15, -0.1) is 0 Å². The number of rotatable bonds is 4. The molecule has 0 N–H and O–H groups in total. The normalized spacial score (nSPS) is 18.0. The van der Waals surface area contributed by atoms with E-state index in [0.717, 1.165) is 28.7 Å². The van der Waals surface area contributed by atoms with E-state index in [1.54, 1.807) is 7.11 Å². The van der Waals surface area contributed by atoms with Crippen LogP contribution in [0.25, 0.3) is 0 Å². The van der Waals surface area contributed by atoms with E-state index < -0.39 is 5.60 Å². The predicted molar refractivity (Wildman–Crippen MR) is 83.9 cm³/mol. The first-order valence-electron chi connectivity index (χ1n) is 7.59. The van der Waals surface area contributed by atoms with Crippen LogP contribution in [0.4, 0.5) is 0 Å². The third-order valence-electron chi connectivity index (χ3n) is 4.48. The van der Waals surface area contributed by atoms with Crippen molar-refractivity contribution >= 4 is 11.8 Å². The van der Waals surface area contributed by atoms with Crippen LogP contribution in [-0.4, -0.2) is 24.5 Å². The van der Waals surface area contributed by atoms with Crippen molar-refractivity contribution in [1.82, 2.24) is 0 Å². The molecule has 0 aromatic heterocycles. The van der Waals surface area contributed by atoms with Crippen LogP contribution < -0.4 is 0 Å². The fourth-order valence-electron chi connectivity index (χ4n) is 3.28. The van der Waals surface area contributed by atoms with Gasteiger partial charge in [0.05, 0.1) is 6.61 Å². The first-order chi connectivity index (χ1) is 10.3. The van der Waals surface area contributed by atoms with Gasteiger partial charge in [0.2, 0.25) is 0 Å². The molecule has 22 heavy (non-hydrogen) atoms. The monoisotopic (exact) mass is 304 g/mol. The lowest BCUT2D eigenvalue weighted by Gasteiger charge is -2.37. The number of esters is 1. The summed E-state index contributed by atoms with van der Waals surface area (Å²) < 4.78 is 10.6. The lowest BCUT2D eigenvalue weighted by molar-refractivity contribution is -0.159. The Labute approximate surface area is 131 Å². The highest BCUT2D eigenvalue weighted by Gasteiger charge is 2.39. The van der Waals surface area contributed by atoms with Crippen molar-refractivity contribution in [2.75, 3.05) is 7.11 Å². The minimum absolute atomic E-state index is 0.00658. The molecule has 1 aliphatic carbocycles. The molecule has 0 amide bonds. The van der Waals surface area contributed by atoms with Gasteiger partial charge in [-0.3, -0.25) is 9.59 Å². The number of aryl methyl sites for hydroxylation is 1. The van der Waals surface area contributed by atoms with Crippen LogP contribution >= 0.6 is 0 Å². The molecule has 1 atom stereocenters. The molecule has 1 aromatic rings. The summed E-state index contributed by atoms with van der Waals surface area (Å²) in [5.74, 6) is -0.205. The Hall–Kier alpha value is -1.68. The first-order valence-corrected chi connectivity index (χ1v) is 7.59. The smallest absolute Gasteiger partial charge is 0.303 e. The Morgan fingerprint density at radius 2 is 2.00 bits per heavy atom. The van der Waals surface area contributed by atoms with Crippen LogP contribution in [-0.2, 0) is 27.3 Å². The van der Waals surface area contributed by atoms with E-state index in [1.807, 2.05) is 32.9 Å². The molecule has 0 saturated heterocycles. The zero-order chi connectivity index (χ0) is 16.5. The van der Waals surface area contributed by atoms with Gasteiger partial charge >= 0.3 is 5.97 Å². The number of Topliss-reactive ketones (excluding diaryl/α,β-unsaturated/α-hetero) is 1. The molecule has 0 spiro atoms. The molecule has 0 bridgehead atoms. The van der Waals surface area contributed by atoms with Crippen LogP contribution in [0.1, 0.15) is 54.2 Å². The Morgan fingerprint density at radius 1 is 1.32 bits per heavy atom. The molecule has 0 radical (unpaired) electrons. The van der Waals surface area contributed by atoms with E-state index in [4.69, 9.17) is 9.47 Å². The zero-order valence-corrected chi connectivity index (χ0v) is 14.0. The van der Waals surface area contributed by atoms with Crippen LogP contribution in [0.3, 0.4) is 0 Å². The number of methoxy groups -OCH3 is 1. The second-order valence-electron chi connectivity index (χ2n) is 6.55. The van der Waals surface area contributed by atoms with Crippen molar-refractivity contribution < 1.29 is 19.1 Å². The Balaban J connectivity index is 2.40. The molecule has 4 heteroatoms. The topological polar surface area (TPSA) is 52.6 Å². The third-order valence-corrected chi connectivity index (χ3v) is 4.48.